The number of aryl methyl sites for hydroxylation is 2. The van der Waals surface area contributed by atoms with Crippen molar-refractivity contribution in [1.29, 1.82) is 0 Å². The minimum atomic E-state index is -0.368. The number of carbonyl (C=O) groups is 1. The van der Waals surface area contributed by atoms with Crippen molar-refractivity contribution in [3.05, 3.63) is 75.7 Å². The van der Waals surface area contributed by atoms with Crippen LogP contribution in [0.1, 0.15) is 80.2 Å². The second-order valence-electron chi connectivity index (χ2n) is 11.9. The molecule has 2 heterocycles. The van der Waals surface area contributed by atoms with Crippen molar-refractivity contribution in [3.63, 3.8) is 0 Å². The summed E-state index contributed by atoms with van der Waals surface area (Å²) in [6, 6.07) is 9.72. The van der Waals surface area contributed by atoms with Crippen molar-refractivity contribution in [2.75, 3.05) is 11.9 Å². The molecule has 2 fully saturated rings. The molecule has 2 aliphatic carbocycles. The molecule has 0 bridgehead atoms. The van der Waals surface area contributed by atoms with Gasteiger partial charge in [0, 0.05) is 32.0 Å². The maximum atomic E-state index is 13.5. The third-order valence-corrected chi connectivity index (χ3v) is 7.95. The Labute approximate surface area is 224 Å². The quantitative estimate of drug-likeness (QED) is 0.392. The number of hydrogen-bond donors (Lipinski definition) is 2. The normalized spacial score (nSPS) is 20.9. The van der Waals surface area contributed by atoms with Crippen LogP contribution in [0.3, 0.4) is 0 Å². The third kappa shape index (κ3) is 5.60. The van der Waals surface area contributed by atoms with Crippen molar-refractivity contribution in [2.45, 2.75) is 71.4 Å². The molecule has 2 saturated carbocycles. The first-order chi connectivity index (χ1) is 18.2. The highest BCUT2D eigenvalue weighted by Crippen LogP contribution is 2.51. The first-order valence-corrected chi connectivity index (χ1v) is 14.0. The third-order valence-electron chi connectivity index (χ3n) is 7.95. The highest BCUT2D eigenvalue weighted by Gasteiger charge is 2.48. The molecular weight excluding hydrogens is 476 g/mol. The van der Waals surface area contributed by atoms with E-state index < -0.39 is 0 Å². The monoisotopic (exact) mass is 516 g/mol. The number of nitrogens with one attached hydrogen (secondary N) is 2. The van der Waals surface area contributed by atoms with E-state index in [1.807, 2.05) is 36.0 Å². The molecule has 8 heteroatoms. The Morgan fingerprint density at radius 3 is 2.66 bits per heavy atom. The van der Waals surface area contributed by atoms with E-state index in [1.165, 1.54) is 12.8 Å². The molecule has 202 valence electrons. The average molecular weight is 517 g/mol. The Kier molecular flexibility index (Phi) is 7.52. The summed E-state index contributed by atoms with van der Waals surface area (Å²) in [5, 5.41) is 15.0. The zero-order valence-electron chi connectivity index (χ0n) is 23.0. The molecule has 0 atom stereocenters. The molecule has 2 aliphatic rings. The first kappa shape index (κ1) is 26.4. The van der Waals surface area contributed by atoms with Gasteiger partial charge in [-0.05, 0) is 72.9 Å². The summed E-state index contributed by atoms with van der Waals surface area (Å²) in [6.45, 7) is 8.72. The topological polar surface area (TPSA) is 93.8 Å². The summed E-state index contributed by atoms with van der Waals surface area (Å²) in [5.41, 5.74) is 2.48. The van der Waals surface area contributed by atoms with Crippen LogP contribution in [0.4, 0.5) is 5.69 Å². The predicted molar refractivity (Wildman–Crippen MR) is 149 cm³/mol. The van der Waals surface area contributed by atoms with Crippen LogP contribution in [0.5, 0.6) is 0 Å². The van der Waals surface area contributed by atoms with Crippen molar-refractivity contribution >= 4 is 11.6 Å². The largest absolute Gasteiger partial charge is 0.322 e. The summed E-state index contributed by atoms with van der Waals surface area (Å²) in [6.07, 6.45) is 9.07. The lowest BCUT2D eigenvalue weighted by Gasteiger charge is -2.46. The number of nitrogens with zero attached hydrogens (tertiary/aromatic N) is 4. The van der Waals surface area contributed by atoms with Crippen LogP contribution in [-0.2, 0) is 25.6 Å². The molecule has 2 N–H and O–H groups in total. The van der Waals surface area contributed by atoms with Gasteiger partial charge < -0.3 is 19.8 Å². The zero-order valence-corrected chi connectivity index (χ0v) is 23.0. The van der Waals surface area contributed by atoms with Gasteiger partial charge in [-0.15, -0.1) is 10.2 Å². The maximum absolute atomic E-state index is 13.5. The number of pyridine rings is 1. The smallest absolute Gasteiger partial charge is 0.263 e. The lowest BCUT2D eigenvalue weighted by Crippen LogP contribution is -2.43. The van der Waals surface area contributed by atoms with E-state index in [9.17, 15) is 9.59 Å². The Bertz CT molecular complexity index is 1350. The minimum absolute atomic E-state index is 0.190. The van der Waals surface area contributed by atoms with Gasteiger partial charge in [0.1, 0.15) is 17.7 Å². The fraction of sp³-hybridized carbons (Fsp3) is 0.533. The summed E-state index contributed by atoms with van der Waals surface area (Å²) in [5.74, 6) is 2.40. The molecule has 0 aliphatic heterocycles. The molecule has 0 unspecified atom stereocenters. The summed E-state index contributed by atoms with van der Waals surface area (Å²) in [7, 11) is 1.98. The average Bonchev–Trinajstić information content (AvgIpc) is 3.60. The van der Waals surface area contributed by atoms with Gasteiger partial charge in [-0.3, -0.25) is 9.59 Å². The van der Waals surface area contributed by atoms with Gasteiger partial charge in [-0.25, -0.2) is 0 Å². The standard InChI is InChI=1S/C30H40N6O2/c1-20(2)16-31-17-23-12-26(28(38)36(18-23)11-10-22-8-9-22)27(37)33-25-7-5-6-24(13-25)30(14-21(3)15-30)29-34-32-19-35(29)4/h5-7,12-13,18-22,31H,8-11,14-17H2,1-4H3,(H,33,37). The zero-order chi connectivity index (χ0) is 26.9. The van der Waals surface area contributed by atoms with E-state index in [0.29, 0.717) is 36.5 Å². The Morgan fingerprint density at radius 1 is 1.21 bits per heavy atom. The molecule has 0 saturated heterocycles. The minimum Gasteiger partial charge on any atom is -0.322 e. The molecule has 1 amide bonds. The number of benzene rings is 1. The molecule has 38 heavy (non-hydrogen) atoms. The molecule has 0 radical (unpaired) electrons. The van der Waals surface area contributed by atoms with Crippen LogP contribution in [0.25, 0.3) is 0 Å². The highest BCUT2D eigenvalue weighted by molar-refractivity contribution is 6.04. The highest BCUT2D eigenvalue weighted by atomic mass is 16.2. The molecule has 5 rings (SSSR count). The molecule has 0 spiro atoms. The van der Waals surface area contributed by atoms with Crippen LogP contribution in [0.2, 0.25) is 0 Å². The van der Waals surface area contributed by atoms with E-state index in [0.717, 1.165) is 42.8 Å². The number of amides is 1. The molecule has 2 aromatic heterocycles. The van der Waals surface area contributed by atoms with E-state index in [-0.39, 0.29) is 22.4 Å². The van der Waals surface area contributed by atoms with Crippen LogP contribution in [0.15, 0.2) is 47.7 Å². The van der Waals surface area contributed by atoms with Crippen LogP contribution >= 0.6 is 0 Å². The van der Waals surface area contributed by atoms with Gasteiger partial charge in [0.15, 0.2) is 0 Å². The predicted octanol–water partition coefficient (Wildman–Crippen LogP) is 4.49. The molecule has 8 nitrogen and oxygen atoms in total. The summed E-state index contributed by atoms with van der Waals surface area (Å²) in [4.78, 5) is 26.8. The fourth-order valence-corrected chi connectivity index (χ4v) is 5.84. The number of anilines is 1. The van der Waals surface area contributed by atoms with Crippen LogP contribution in [0, 0.1) is 17.8 Å². The van der Waals surface area contributed by atoms with Gasteiger partial charge >= 0.3 is 0 Å². The van der Waals surface area contributed by atoms with E-state index in [4.69, 9.17) is 0 Å². The SMILES string of the molecule is CC(C)CNCc1cc(C(=O)Nc2cccc(C3(c4nncn4C)CC(C)C3)c2)c(=O)n(CCC2CC2)c1. The van der Waals surface area contributed by atoms with Gasteiger partial charge in [-0.2, -0.15) is 0 Å². The second kappa shape index (κ2) is 10.8. The van der Waals surface area contributed by atoms with Gasteiger partial charge in [0.25, 0.3) is 11.5 Å². The van der Waals surface area contributed by atoms with Gasteiger partial charge in [0.05, 0.1) is 5.41 Å². The Balaban J connectivity index is 1.40. The Morgan fingerprint density at radius 2 is 2.00 bits per heavy atom. The van der Waals surface area contributed by atoms with E-state index >= 15 is 0 Å². The van der Waals surface area contributed by atoms with Crippen LogP contribution < -0.4 is 16.2 Å². The Hall–Kier alpha value is -3.26. The number of hydrogen-bond acceptors (Lipinski definition) is 5. The number of carbonyl (C=O) groups excluding carboxylic acids is 1. The fourth-order valence-electron chi connectivity index (χ4n) is 5.84. The van der Waals surface area contributed by atoms with E-state index in [2.05, 4.69) is 47.7 Å². The van der Waals surface area contributed by atoms with Crippen molar-refractivity contribution in [3.8, 4) is 0 Å². The second-order valence-corrected chi connectivity index (χ2v) is 11.9. The number of aromatic nitrogens is 4. The summed E-state index contributed by atoms with van der Waals surface area (Å²) < 4.78 is 3.72. The molecule has 1 aromatic carbocycles. The van der Waals surface area contributed by atoms with Crippen molar-refractivity contribution in [2.24, 2.45) is 24.8 Å². The maximum Gasteiger partial charge on any atom is 0.263 e. The first-order valence-electron chi connectivity index (χ1n) is 14.0. The lowest BCUT2D eigenvalue weighted by atomic mass is 9.58. The van der Waals surface area contributed by atoms with Crippen LogP contribution in [-0.4, -0.2) is 31.8 Å². The summed E-state index contributed by atoms with van der Waals surface area (Å²) >= 11 is 0. The van der Waals surface area contributed by atoms with Crippen molar-refractivity contribution in [1.82, 2.24) is 24.6 Å². The molecular formula is C30H40N6O2. The van der Waals surface area contributed by atoms with E-state index in [1.54, 1.807) is 17.0 Å². The van der Waals surface area contributed by atoms with Crippen molar-refractivity contribution < 1.29 is 4.79 Å². The van der Waals surface area contributed by atoms with Gasteiger partial charge in [0.2, 0.25) is 0 Å². The molecule has 3 aromatic rings. The number of rotatable bonds is 11. The van der Waals surface area contributed by atoms with Gasteiger partial charge in [-0.1, -0.05) is 45.7 Å². The lowest BCUT2D eigenvalue weighted by molar-refractivity contribution is 0.102.